The second-order valence-electron chi connectivity index (χ2n) is 5.49. The molecule has 7 nitrogen and oxygen atoms in total. The maximum atomic E-state index is 12.1. The molecule has 146 valence electrons. The first-order chi connectivity index (χ1) is 13.3. The van der Waals surface area contributed by atoms with Crippen LogP contribution in [-0.2, 0) is 9.59 Å². The SMILES string of the molecule is O=C(CCC(=O)Nc1ccccc1)NNC(=S)NC(=O)c1ccc(Cl)cc1Cl. The van der Waals surface area contributed by atoms with Gasteiger partial charge < -0.3 is 5.32 Å². The minimum absolute atomic E-state index is 0.0120. The van der Waals surface area contributed by atoms with Crippen molar-refractivity contribution >= 4 is 63.9 Å². The number of hydrogen-bond acceptors (Lipinski definition) is 4. The molecule has 0 unspecified atom stereocenters. The summed E-state index contributed by atoms with van der Waals surface area (Å²) >= 11 is 16.7. The maximum absolute atomic E-state index is 12.1. The molecule has 0 saturated heterocycles. The van der Waals surface area contributed by atoms with Gasteiger partial charge in [0, 0.05) is 23.6 Å². The van der Waals surface area contributed by atoms with Gasteiger partial charge >= 0.3 is 0 Å². The largest absolute Gasteiger partial charge is 0.326 e. The minimum atomic E-state index is -0.560. The molecule has 0 aliphatic rings. The van der Waals surface area contributed by atoms with Gasteiger partial charge in [0.1, 0.15) is 0 Å². The van der Waals surface area contributed by atoms with Gasteiger partial charge in [-0.1, -0.05) is 41.4 Å². The molecule has 0 fully saturated rings. The molecule has 2 aromatic carbocycles. The average Bonchev–Trinajstić information content (AvgIpc) is 2.65. The molecule has 0 radical (unpaired) electrons. The van der Waals surface area contributed by atoms with Crippen molar-refractivity contribution in [2.24, 2.45) is 0 Å². The zero-order chi connectivity index (χ0) is 20.5. The van der Waals surface area contributed by atoms with Crippen molar-refractivity contribution in [3.63, 3.8) is 0 Å². The van der Waals surface area contributed by atoms with E-state index in [1.165, 1.54) is 18.2 Å². The Morgan fingerprint density at radius 3 is 2.25 bits per heavy atom. The van der Waals surface area contributed by atoms with Gasteiger partial charge in [0.05, 0.1) is 10.6 Å². The molecule has 2 rings (SSSR count). The van der Waals surface area contributed by atoms with E-state index >= 15 is 0 Å². The predicted molar refractivity (Wildman–Crippen MR) is 112 cm³/mol. The van der Waals surface area contributed by atoms with E-state index in [9.17, 15) is 14.4 Å². The van der Waals surface area contributed by atoms with Crippen LogP contribution in [0.25, 0.3) is 0 Å². The quantitative estimate of drug-likeness (QED) is 0.424. The molecule has 0 spiro atoms. The van der Waals surface area contributed by atoms with Crippen molar-refractivity contribution < 1.29 is 14.4 Å². The summed E-state index contributed by atoms with van der Waals surface area (Å²) in [5.74, 6) is -1.32. The van der Waals surface area contributed by atoms with Crippen molar-refractivity contribution in [3.05, 3.63) is 64.1 Å². The number of hydrogen-bond donors (Lipinski definition) is 4. The molecule has 10 heteroatoms. The third-order valence-corrected chi connectivity index (χ3v) is 4.11. The molecular weight excluding hydrogens is 423 g/mol. The highest BCUT2D eigenvalue weighted by molar-refractivity contribution is 7.80. The Bertz CT molecular complexity index is 894. The number of halogens is 2. The number of rotatable bonds is 5. The van der Waals surface area contributed by atoms with E-state index in [2.05, 4.69) is 21.5 Å². The van der Waals surface area contributed by atoms with Crippen LogP contribution in [0, 0.1) is 0 Å². The molecule has 2 aromatic rings. The lowest BCUT2D eigenvalue weighted by Crippen LogP contribution is -2.48. The van der Waals surface area contributed by atoms with Crippen molar-refractivity contribution in [2.75, 3.05) is 5.32 Å². The van der Waals surface area contributed by atoms with Gasteiger partial charge in [0.2, 0.25) is 11.8 Å². The summed E-state index contributed by atoms with van der Waals surface area (Å²) in [4.78, 5) is 35.7. The number of para-hydroxylation sites is 1. The summed E-state index contributed by atoms with van der Waals surface area (Å²) in [5.41, 5.74) is 5.52. The Morgan fingerprint density at radius 1 is 0.893 bits per heavy atom. The van der Waals surface area contributed by atoms with Crippen LogP contribution in [0.3, 0.4) is 0 Å². The minimum Gasteiger partial charge on any atom is -0.326 e. The Kier molecular flexibility index (Phi) is 8.19. The monoisotopic (exact) mass is 438 g/mol. The van der Waals surface area contributed by atoms with Gasteiger partial charge in [-0.3, -0.25) is 30.6 Å². The van der Waals surface area contributed by atoms with E-state index in [0.29, 0.717) is 10.7 Å². The van der Waals surface area contributed by atoms with Crippen LogP contribution >= 0.6 is 35.4 Å². The van der Waals surface area contributed by atoms with E-state index < -0.39 is 11.8 Å². The van der Waals surface area contributed by atoms with E-state index in [1.54, 1.807) is 24.3 Å². The fraction of sp³-hybridized carbons (Fsp3) is 0.111. The Labute approximate surface area is 176 Å². The molecule has 4 N–H and O–H groups in total. The Morgan fingerprint density at radius 2 is 1.57 bits per heavy atom. The highest BCUT2D eigenvalue weighted by Gasteiger charge is 2.13. The number of thiocarbonyl (C=S) groups is 1. The zero-order valence-electron chi connectivity index (χ0n) is 14.4. The number of benzene rings is 2. The third-order valence-electron chi connectivity index (χ3n) is 3.35. The maximum Gasteiger partial charge on any atom is 0.258 e. The predicted octanol–water partition coefficient (Wildman–Crippen LogP) is 3.05. The molecule has 0 atom stereocenters. The van der Waals surface area contributed by atoms with E-state index in [4.69, 9.17) is 35.4 Å². The molecule has 0 aliphatic carbocycles. The molecule has 0 aromatic heterocycles. The van der Waals surface area contributed by atoms with Gasteiger partial charge in [-0.15, -0.1) is 0 Å². The van der Waals surface area contributed by atoms with Crippen LogP contribution in [0.1, 0.15) is 23.2 Å². The number of anilines is 1. The van der Waals surface area contributed by atoms with Crippen LogP contribution < -0.4 is 21.5 Å². The average molecular weight is 439 g/mol. The highest BCUT2D eigenvalue weighted by Crippen LogP contribution is 2.20. The van der Waals surface area contributed by atoms with Gasteiger partial charge in [0.15, 0.2) is 5.11 Å². The number of amides is 3. The van der Waals surface area contributed by atoms with Gasteiger partial charge in [-0.05, 0) is 42.5 Å². The van der Waals surface area contributed by atoms with Gasteiger partial charge in [-0.25, -0.2) is 0 Å². The van der Waals surface area contributed by atoms with Crippen LogP contribution in [0.4, 0.5) is 5.69 Å². The van der Waals surface area contributed by atoms with Gasteiger partial charge in [-0.2, -0.15) is 0 Å². The second-order valence-corrected chi connectivity index (χ2v) is 6.75. The fourth-order valence-electron chi connectivity index (χ4n) is 2.04. The summed E-state index contributed by atoms with van der Waals surface area (Å²) in [5, 5.41) is 5.48. The third kappa shape index (κ3) is 7.15. The van der Waals surface area contributed by atoms with Crippen molar-refractivity contribution in [2.45, 2.75) is 12.8 Å². The number of carbonyl (C=O) groups excluding carboxylic acids is 3. The van der Waals surface area contributed by atoms with E-state index in [-0.39, 0.29) is 34.4 Å². The highest BCUT2D eigenvalue weighted by atomic mass is 35.5. The molecule has 0 saturated carbocycles. The lowest BCUT2D eigenvalue weighted by molar-refractivity contribution is -0.124. The standard InChI is InChI=1S/C18H16Cl2N4O3S/c19-11-6-7-13(14(20)10-11)17(27)22-18(28)24-23-16(26)9-8-15(25)21-12-4-2-1-3-5-12/h1-7,10H,8-9H2,(H,21,25)(H,23,26)(H2,22,24,27,28). The fourth-order valence-corrected chi connectivity index (χ4v) is 2.67. The first kappa shape index (κ1) is 21.6. The molecular formula is C18H16Cl2N4O3S. The van der Waals surface area contributed by atoms with Gasteiger partial charge in [0.25, 0.3) is 5.91 Å². The van der Waals surface area contributed by atoms with Crippen LogP contribution in [0.15, 0.2) is 48.5 Å². The summed E-state index contributed by atoms with van der Waals surface area (Å²) in [6.45, 7) is 0. The molecule has 0 heterocycles. The number of carbonyl (C=O) groups is 3. The van der Waals surface area contributed by atoms with Crippen molar-refractivity contribution in [1.29, 1.82) is 0 Å². The molecule has 3 amide bonds. The van der Waals surface area contributed by atoms with Crippen molar-refractivity contribution in [1.82, 2.24) is 16.2 Å². The zero-order valence-corrected chi connectivity index (χ0v) is 16.8. The Hall–Kier alpha value is -2.68. The van der Waals surface area contributed by atoms with Crippen LogP contribution in [0.5, 0.6) is 0 Å². The van der Waals surface area contributed by atoms with Crippen LogP contribution in [-0.4, -0.2) is 22.8 Å². The summed E-state index contributed by atoms with van der Waals surface area (Å²) in [7, 11) is 0. The topological polar surface area (TPSA) is 99.3 Å². The van der Waals surface area contributed by atoms with Crippen molar-refractivity contribution in [3.8, 4) is 0 Å². The number of nitrogens with one attached hydrogen (secondary N) is 4. The lowest BCUT2D eigenvalue weighted by Gasteiger charge is -2.11. The van der Waals surface area contributed by atoms with E-state index in [0.717, 1.165) is 0 Å². The Balaban J connectivity index is 1.71. The lowest BCUT2D eigenvalue weighted by atomic mass is 10.2. The first-order valence-electron chi connectivity index (χ1n) is 8.05. The second kappa shape index (κ2) is 10.6. The van der Waals surface area contributed by atoms with E-state index in [1.807, 2.05) is 6.07 Å². The molecule has 28 heavy (non-hydrogen) atoms. The van der Waals surface area contributed by atoms with Crippen LogP contribution in [0.2, 0.25) is 10.0 Å². The normalized spacial score (nSPS) is 9.93. The summed E-state index contributed by atoms with van der Waals surface area (Å²) < 4.78 is 0. The first-order valence-corrected chi connectivity index (χ1v) is 9.21. The molecule has 0 aliphatic heterocycles. The molecule has 0 bridgehead atoms. The number of hydrazine groups is 1. The summed E-state index contributed by atoms with van der Waals surface area (Å²) in [6.07, 6.45) is -0.0762. The smallest absolute Gasteiger partial charge is 0.258 e. The summed E-state index contributed by atoms with van der Waals surface area (Å²) in [6, 6.07) is 13.3.